The third-order valence-electron chi connectivity index (χ3n) is 4.24. The fourth-order valence-corrected chi connectivity index (χ4v) is 3.09. The molecule has 0 spiro atoms. The molecule has 3 heteroatoms. The van der Waals surface area contributed by atoms with E-state index in [1.165, 1.54) is 51.7 Å². The van der Waals surface area contributed by atoms with Gasteiger partial charge in [-0.05, 0) is 58.7 Å². The molecule has 0 aliphatic carbocycles. The minimum absolute atomic E-state index is 0.0952. The van der Waals surface area contributed by atoms with E-state index < -0.39 is 0 Å². The zero-order chi connectivity index (χ0) is 11.4. The van der Waals surface area contributed by atoms with Crippen LogP contribution in [0.4, 0.5) is 0 Å². The lowest BCUT2D eigenvalue weighted by Crippen LogP contribution is -2.51. The van der Waals surface area contributed by atoms with Crippen molar-refractivity contribution < 1.29 is 4.74 Å². The molecule has 2 aliphatic heterocycles. The van der Waals surface area contributed by atoms with Gasteiger partial charge in [-0.2, -0.15) is 0 Å². The van der Waals surface area contributed by atoms with Gasteiger partial charge in [0, 0.05) is 19.7 Å². The summed E-state index contributed by atoms with van der Waals surface area (Å²) in [7, 11) is 1.86. The molecule has 2 unspecified atom stereocenters. The molecule has 2 atom stereocenters. The highest BCUT2D eigenvalue weighted by Crippen LogP contribution is 2.27. The number of nitrogens with one attached hydrogen (secondary N) is 1. The summed E-state index contributed by atoms with van der Waals surface area (Å²) in [6.07, 6.45) is 6.48. The van der Waals surface area contributed by atoms with Crippen molar-refractivity contribution in [1.29, 1.82) is 0 Å². The monoisotopic (exact) mass is 226 g/mol. The average Bonchev–Trinajstić information content (AvgIpc) is 2.58. The molecule has 0 amide bonds. The molecule has 0 aromatic heterocycles. The van der Waals surface area contributed by atoms with E-state index >= 15 is 0 Å². The number of hydrogen-bond donors (Lipinski definition) is 1. The van der Waals surface area contributed by atoms with Gasteiger partial charge in [0.2, 0.25) is 0 Å². The highest BCUT2D eigenvalue weighted by Gasteiger charge is 2.33. The molecular formula is C13H26N2O. The van der Waals surface area contributed by atoms with Crippen LogP contribution in [-0.2, 0) is 4.74 Å². The highest BCUT2D eigenvalue weighted by molar-refractivity contribution is 4.88. The Bertz CT molecular complexity index is 214. The number of ether oxygens (including phenoxy) is 1. The first-order valence-corrected chi connectivity index (χ1v) is 6.73. The first kappa shape index (κ1) is 12.3. The van der Waals surface area contributed by atoms with Crippen LogP contribution >= 0.6 is 0 Å². The van der Waals surface area contributed by atoms with Crippen molar-refractivity contribution in [1.82, 2.24) is 10.2 Å². The van der Waals surface area contributed by atoms with Crippen molar-refractivity contribution in [3.63, 3.8) is 0 Å². The minimum atomic E-state index is 0.0952. The Kier molecular flexibility index (Phi) is 4.22. The van der Waals surface area contributed by atoms with Gasteiger partial charge in [0.1, 0.15) is 0 Å². The van der Waals surface area contributed by atoms with Gasteiger partial charge in [0.25, 0.3) is 0 Å². The van der Waals surface area contributed by atoms with Crippen LogP contribution in [0.1, 0.15) is 39.0 Å². The van der Waals surface area contributed by atoms with Gasteiger partial charge in [0.15, 0.2) is 0 Å². The molecule has 2 fully saturated rings. The van der Waals surface area contributed by atoms with E-state index in [-0.39, 0.29) is 5.60 Å². The van der Waals surface area contributed by atoms with Crippen LogP contribution in [0.15, 0.2) is 0 Å². The minimum Gasteiger partial charge on any atom is -0.377 e. The van der Waals surface area contributed by atoms with E-state index in [1.54, 1.807) is 0 Å². The van der Waals surface area contributed by atoms with Crippen molar-refractivity contribution in [3.8, 4) is 0 Å². The van der Waals surface area contributed by atoms with Crippen molar-refractivity contribution in [3.05, 3.63) is 0 Å². The first-order valence-electron chi connectivity index (χ1n) is 6.73. The molecule has 2 heterocycles. The fraction of sp³-hybridized carbons (Fsp3) is 1.00. The largest absolute Gasteiger partial charge is 0.377 e. The summed E-state index contributed by atoms with van der Waals surface area (Å²) < 4.78 is 5.67. The van der Waals surface area contributed by atoms with Gasteiger partial charge in [-0.3, -0.25) is 4.90 Å². The summed E-state index contributed by atoms with van der Waals surface area (Å²) in [6, 6.07) is 0.782. The second-order valence-electron chi connectivity index (χ2n) is 5.56. The predicted octanol–water partition coefficient (Wildman–Crippen LogP) is 1.63. The second kappa shape index (κ2) is 5.48. The third kappa shape index (κ3) is 2.96. The van der Waals surface area contributed by atoms with Crippen LogP contribution in [0.3, 0.4) is 0 Å². The molecule has 0 aromatic rings. The van der Waals surface area contributed by atoms with Crippen LogP contribution in [0, 0.1) is 0 Å². The van der Waals surface area contributed by atoms with Gasteiger partial charge in [-0.1, -0.05) is 0 Å². The average molecular weight is 226 g/mol. The second-order valence-corrected chi connectivity index (χ2v) is 5.56. The molecule has 0 radical (unpaired) electrons. The molecule has 3 nitrogen and oxygen atoms in total. The predicted molar refractivity (Wildman–Crippen MR) is 66.7 cm³/mol. The molecule has 2 aliphatic rings. The molecule has 1 N–H and O–H groups in total. The van der Waals surface area contributed by atoms with Gasteiger partial charge in [-0.15, -0.1) is 0 Å². The summed E-state index contributed by atoms with van der Waals surface area (Å²) in [6.45, 7) is 7.03. The fourth-order valence-electron chi connectivity index (χ4n) is 3.09. The van der Waals surface area contributed by atoms with Crippen molar-refractivity contribution in [2.24, 2.45) is 0 Å². The summed E-state index contributed by atoms with van der Waals surface area (Å²) >= 11 is 0. The molecule has 0 aromatic carbocycles. The molecule has 0 bridgehead atoms. The Morgan fingerprint density at radius 1 is 1.25 bits per heavy atom. The first-order chi connectivity index (χ1) is 7.73. The van der Waals surface area contributed by atoms with E-state index in [2.05, 4.69) is 17.1 Å². The number of methoxy groups -OCH3 is 1. The van der Waals surface area contributed by atoms with E-state index in [4.69, 9.17) is 4.74 Å². The Morgan fingerprint density at radius 2 is 2.12 bits per heavy atom. The number of piperidine rings is 1. The van der Waals surface area contributed by atoms with Crippen molar-refractivity contribution in [2.75, 3.05) is 33.3 Å². The standard InChI is InChI=1S/C13H26N2O/c1-13(16-2)7-4-10-15(11-13)12-5-3-8-14-9-6-12/h12,14H,3-11H2,1-2H3. The van der Waals surface area contributed by atoms with Crippen LogP contribution in [0.2, 0.25) is 0 Å². The van der Waals surface area contributed by atoms with E-state index in [1.807, 2.05) is 7.11 Å². The Balaban J connectivity index is 1.92. The molecule has 16 heavy (non-hydrogen) atoms. The maximum absolute atomic E-state index is 5.67. The molecule has 2 saturated heterocycles. The van der Waals surface area contributed by atoms with Crippen LogP contribution < -0.4 is 5.32 Å². The quantitative estimate of drug-likeness (QED) is 0.774. The topological polar surface area (TPSA) is 24.5 Å². The smallest absolute Gasteiger partial charge is 0.0777 e. The SMILES string of the molecule is COC1(C)CCCN(C2CCCNCC2)C1. The maximum Gasteiger partial charge on any atom is 0.0777 e. The third-order valence-corrected chi connectivity index (χ3v) is 4.24. The summed E-state index contributed by atoms with van der Waals surface area (Å²) in [5.41, 5.74) is 0.0952. The van der Waals surface area contributed by atoms with E-state index in [0.29, 0.717) is 0 Å². The highest BCUT2D eigenvalue weighted by atomic mass is 16.5. The summed E-state index contributed by atoms with van der Waals surface area (Å²) in [5.74, 6) is 0. The van der Waals surface area contributed by atoms with Gasteiger partial charge < -0.3 is 10.1 Å². The van der Waals surface area contributed by atoms with Crippen molar-refractivity contribution in [2.45, 2.75) is 50.7 Å². The van der Waals surface area contributed by atoms with Gasteiger partial charge in [0.05, 0.1) is 5.60 Å². The molecule has 2 rings (SSSR count). The molecule has 0 saturated carbocycles. The Morgan fingerprint density at radius 3 is 2.94 bits per heavy atom. The summed E-state index contributed by atoms with van der Waals surface area (Å²) in [4.78, 5) is 2.67. The zero-order valence-electron chi connectivity index (χ0n) is 10.8. The van der Waals surface area contributed by atoms with E-state index in [9.17, 15) is 0 Å². The lowest BCUT2D eigenvalue weighted by Gasteiger charge is -2.43. The Hall–Kier alpha value is -0.120. The Labute approximate surface area is 99.5 Å². The zero-order valence-corrected chi connectivity index (χ0v) is 10.8. The van der Waals surface area contributed by atoms with Crippen LogP contribution in [0.5, 0.6) is 0 Å². The lowest BCUT2D eigenvalue weighted by atomic mass is 9.92. The number of rotatable bonds is 2. The number of likely N-dealkylation sites (tertiary alicyclic amines) is 1. The normalized spacial score (nSPS) is 38.2. The number of nitrogens with zero attached hydrogens (tertiary/aromatic N) is 1. The van der Waals surface area contributed by atoms with Crippen LogP contribution in [-0.4, -0.2) is 49.8 Å². The molecule has 94 valence electrons. The van der Waals surface area contributed by atoms with Crippen molar-refractivity contribution >= 4 is 0 Å². The summed E-state index contributed by atoms with van der Waals surface area (Å²) in [5, 5.41) is 3.49. The maximum atomic E-state index is 5.67. The van der Waals surface area contributed by atoms with Gasteiger partial charge in [-0.25, -0.2) is 0 Å². The number of hydrogen-bond acceptors (Lipinski definition) is 3. The van der Waals surface area contributed by atoms with Crippen LogP contribution in [0.25, 0.3) is 0 Å². The lowest BCUT2D eigenvalue weighted by molar-refractivity contribution is -0.0623. The van der Waals surface area contributed by atoms with E-state index in [0.717, 1.165) is 12.6 Å². The molecular weight excluding hydrogens is 200 g/mol. The van der Waals surface area contributed by atoms with Gasteiger partial charge >= 0.3 is 0 Å².